The molecular weight excluding hydrogens is 238 g/mol. The normalized spacial score (nSPS) is 22.4. The molecule has 1 aliphatic rings. The van der Waals surface area contributed by atoms with Crippen LogP contribution in [0.4, 0.5) is 0 Å². The third kappa shape index (κ3) is 3.75. The Morgan fingerprint density at radius 2 is 2.42 bits per heavy atom. The maximum atomic E-state index is 5.99. The second kappa shape index (κ2) is 6.98. The first kappa shape index (κ1) is 14.4. The SMILES string of the molecule is CCCNC(c1cnccc1C)C1CN(C)CCO1. The van der Waals surface area contributed by atoms with Gasteiger partial charge >= 0.3 is 0 Å². The molecule has 0 bridgehead atoms. The number of nitrogens with one attached hydrogen (secondary N) is 1. The Hall–Kier alpha value is -0.970. The van der Waals surface area contributed by atoms with Gasteiger partial charge in [0, 0.05) is 25.5 Å². The predicted octanol–water partition coefficient (Wildman–Crippen LogP) is 1.76. The van der Waals surface area contributed by atoms with Crippen molar-refractivity contribution in [3.63, 3.8) is 0 Å². The van der Waals surface area contributed by atoms with Gasteiger partial charge in [-0.25, -0.2) is 0 Å². The van der Waals surface area contributed by atoms with Crippen LogP contribution in [0.5, 0.6) is 0 Å². The van der Waals surface area contributed by atoms with Crippen molar-refractivity contribution in [3.05, 3.63) is 29.6 Å². The molecule has 1 aromatic rings. The van der Waals surface area contributed by atoms with Gasteiger partial charge in [-0.2, -0.15) is 0 Å². The van der Waals surface area contributed by atoms with Crippen molar-refractivity contribution >= 4 is 0 Å². The molecule has 2 heterocycles. The monoisotopic (exact) mass is 263 g/mol. The van der Waals surface area contributed by atoms with Gasteiger partial charge in [-0.15, -0.1) is 0 Å². The van der Waals surface area contributed by atoms with Gasteiger partial charge in [0.05, 0.1) is 18.8 Å². The van der Waals surface area contributed by atoms with Crippen LogP contribution in [-0.4, -0.2) is 49.3 Å². The molecule has 1 fully saturated rings. The van der Waals surface area contributed by atoms with Crippen molar-refractivity contribution in [2.45, 2.75) is 32.4 Å². The Balaban J connectivity index is 2.17. The number of rotatable bonds is 5. The fraction of sp³-hybridized carbons (Fsp3) is 0.667. The van der Waals surface area contributed by atoms with Crippen LogP contribution in [-0.2, 0) is 4.74 Å². The largest absolute Gasteiger partial charge is 0.374 e. The minimum Gasteiger partial charge on any atom is -0.374 e. The third-order valence-electron chi connectivity index (χ3n) is 3.70. The lowest BCUT2D eigenvalue weighted by Crippen LogP contribution is -2.47. The maximum absolute atomic E-state index is 5.99. The van der Waals surface area contributed by atoms with Crippen LogP contribution < -0.4 is 5.32 Å². The van der Waals surface area contributed by atoms with Gasteiger partial charge in [0.15, 0.2) is 0 Å². The molecule has 0 aliphatic carbocycles. The summed E-state index contributed by atoms with van der Waals surface area (Å²) in [5, 5.41) is 3.63. The summed E-state index contributed by atoms with van der Waals surface area (Å²) in [4.78, 5) is 6.61. The molecule has 106 valence electrons. The van der Waals surface area contributed by atoms with Gasteiger partial charge in [-0.1, -0.05) is 6.92 Å². The van der Waals surface area contributed by atoms with E-state index in [1.165, 1.54) is 11.1 Å². The Kier molecular flexibility index (Phi) is 5.31. The highest BCUT2D eigenvalue weighted by molar-refractivity contribution is 5.26. The van der Waals surface area contributed by atoms with Crippen molar-refractivity contribution in [1.82, 2.24) is 15.2 Å². The summed E-state index contributed by atoms with van der Waals surface area (Å²) in [6, 6.07) is 2.30. The lowest BCUT2D eigenvalue weighted by molar-refractivity contribution is -0.0393. The molecule has 0 saturated carbocycles. The van der Waals surface area contributed by atoms with Crippen molar-refractivity contribution in [2.75, 3.05) is 33.3 Å². The number of aromatic nitrogens is 1. The molecule has 1 N–H and O–H groups in total. The zero-order valence-electron chi connectivity index (χ0n) is 12.2. The minimum absolute atomic E-state index is 0.202. The number of pyridine rings is 1. The molecule has 0 amide bonds. The lowest BCUT2D eigenvalue weighted by Gasteiger charge is -2.36. The van der Waals surface area contributed by atoms with Gasteiger partial charge in [-0.3, -0.25) is 4.98 Å². The number of hydrogen-bond donors (Lipinski definition) is 1. The van der Waals surface area contributed by atoms with E-state index in [1.807, 2.05) is 12.4 Å². The molecule has 0 radical (unpaired) electrons. The van der Waals surface area contributed by atoms with E-state index < -0.39 is 0 Å². The second-order valence-corrected chi connectivity index (χ2v) is 5.34. The lowest BCUT2D eigenvalue weighted by atomic mass is 9.97. The molecule has 19 heavy (non-hydrogen) atoms. The van der Waals surface area contributed by atoms with Crippen molar-refractivity contribution in [3.8, 4) is 0 Å². The highest BCUT2D eigenvalue weighted by atomic mass is 16.5. The van der Waals surface area contributed by atoms with Gasteiger partial charge in [0.25, 0.3) is 0 Å². The summed E-state index contributed by atoms with van der Waals surface area (Å²) in [5.41, 5.74) is 2.54. The molecule has 1 saturated heterocycles. The van der Waals surface area contributed by atoms with E-state index in [0.717, 1.165) is 32.7 Å². The van der Waals surface area contributed by atoms with Gasteiger partial charge in [0.2, 0.25) is 0 Å². The average Bonchev–Trinajstić information content (AvgIpc) is 2.41. The van der Waals surface area contributed by atoms with Crippen LogP contribution in [0.25, 0.3) is 0 Å². The van der Waals surface area contributed by atoms with E-state index in [4.69, 9.17) is 4.74 Å². The topological polar surface area (TPSA) is 37.4 Å². The van der Waals surface area contributed by atoms with Gasteiger partial charge in [0.1, 0.15) is 0 Å². The molecule has 2 unspecified atom stereocenters. The molecule has 4 heteroatoms. The predicted molar refractivity (Wildman–Crippen MR) is 77.2 cm³/mol. The molecule has 2 rings (SSSR count). The molecular formula is C15H25N3O. The van der Waals surface area contributed by atoms with E-state index in [1.54, 1.807) is 0 Å². The molecule has 1 aliphatic heterocycles. The maximum Gasteiger partial charge on any atom is 0.0897 e. The number of hydrogen-bond acceptors (Lipinski definition) is 4. The first-order valence-corrected chi connectivity index (χ1v) is 7.16. The van der Waals surface area contributed by atoms with Crippen molar-refractivity contribution in [1.29, 1.82) is 0 Å². The zero-order valence-corrected chi connectivity index (χ0v) is 12.2. The minimum atomic E-state index is 0.202. The standard InChI is InChI=1S/C15H25N3O/c1-4-6-17-15(13-10-16-7-5-12(13)2)14-11-18(3)8-9-19-14/h5,7,10,14-15,17H,4,6,8-9,11H2,1-3H3. The molecule has 0 aromatic carbocycles. The van der Waals surface area contributed by atoms with E-state index in [9.17, 15) is 0 Å². The van der Waals surface area contributed by atoms with E-state index in [-0.39, 0.29) is 12.1 Å². The molecule has 1 aromatic heterocycles. The van der Waals surface area contributed by atoms with E-state index in [2.05, 4.69) is 42.2 Å². The number of ether oxygens (including phenoxy) is 1. The third-order valence-corrected chi connectivity index (χ3v) is 3.70. The first-order chi connectivity index (χ1) is 9.22. The Labute approximate surface area is 116 Å². The molecule has 2 atom stereocenters. The van der Waals surface area contributed by atoms with Crippen molar-refractivity contribution < 1.29 is 4.74 Å². The fourth-order valence-electron chi connectivity index (χ4n) is 2.56. The van der Waals surface area contributed by atoms with Crippen molar-refractivity contribution in [2.24, 2.45) is 0 Å². The number of aryl methyl sites for hydroxylation is 1. The van der Waals surface area contributed by atoms with Crippen LogP contribution in [0.1, 0.15) is 30.5 Å². The van der Waals surface area contributed by atoms with Gasteiger partial charge in [-0.05, 0) is 44.1 Å². The summed E-state index contributed by atoms with van der Waals surface area (Å²) in [7, 11) is 2.16. The molecule has 4 nitrogen and oxygen atoms in total. The van der Waals surface area contributed by atoms with E-state index in [0.29, 0.717) is 0 Å². The Bertz CT molecular complexity index is 397. The Morgan fingerprint density at radius 1 is 1.58 bits per heavy atom. The summed E-state index contributed by atoms with van der Waals surface area (Å²) in [6.07, 6.45) is 5.15. The quantitative estimate of drug-likeness (QED) is 0.878. The summed E-state index contributed by atoms with van der Waals surface area (Å²) >= 11 is 0. The van der Waals surface area contributed by atoms with E-state index >= 15 is 0 Å². The van der Waals surface area contributed by atoms with Crippen LogP contribution in [0.2, 0.25) is 0 Å². The highest BCUT2D eigenvalue weighted by Gasteiger charge is 2.28. The fourth-order valence-corrected chi connectivity index (χ4v) is 2.56. The van der Waals surface area contributed by atoms with Gasteiger partial charge < -0.3 is 15.0 Å². The Morgan fingerprint density at radius 3 is 3.11 bits per heavy atom. The summed E-state index contributed by atoms with van der Waals surface area (Å²) < 4.78 is 5.99. The highest BCUT2D eigenvalue weighted by Crippen LogP contribution is 2.24. The average molecular weight is 263 g/mol. The van der Waals surface area contributed by atoms with Crippen LogP contribution in [0, 0.1) is 6.92 Å². The second-order valence-electron chi connectivity index (χ2n) is 5.34. The van der Waals surface area contributed by atoms with Crippen LogP contribution in [0.3, 0.4) is 0 Å². The summed E-state index contributed by atoms with van der Waals surface area (Å²) in [6.45, 7) is 8.13. The smallest absolute Gasteiger partial charge is 0.0897 e. The first-order valence-electron chi connectivity index (χ1n) is 7.16. The zero-order chi connectivity index (χ0) is 13.7. The number of likely N-dealkylation sites (N-methyl/N-ethyl adjacent to an activating group) is 1. The molecule has 0 spiro atoms. The van der Waals surface area contributed by atoms with Crippen LogP contribution in [0.15, 0.2) is 18.5 Å². The van der Waals surface area contributed by atoms with Crippen LogP contribution >= 0.6 is 0 Å². The summed E-state index contributed by atoms with van der Waals surface area (Å²) in [5.74, 6) is 0. The number of morpholine rings is 1. The number of nitrogens with zero attached hydrogens (tertiary/aromatic N) is 2.